The first kappa shape index (κ1) is 20.7. The van der Waals surface area contributed by atoms with Gasteiger partial charge in [-0.1, -0.05) is 6.92 Å². The van der Waals surface area contributed by atoms with E-state index in [4.69, 9.17) is 10.8 Å². The van der Waals surface area contributed by atoms with Crippen LogP contribution in [0.4, 0.5) is 4.79 Å². The van der Waals surface area contributed by atoms with Crippen molar-refractivity contribution in [1.29, 1.82) is 0 Å². The van der Waals surface area contributed by atoms with Crippen molar-refractivity contribution in [2.24, 2.45) is 17.6 Å². The molecule has 0 bridgehead atoms. The third-order valence-electron chi connectivity index (χ3n) is 4.11. The smallest absolute Gasteiger partial charge is 0.404 e. The van der Waals surface area contributed by atoms with Gasteiger partial charge in [0.2, 0.25) is 17.7 Å². The third kappa shape index (κ3) is 8.37. The second-order valence-electron chi connectivity index (χ2n) is 6.66. The Morgan fingerprint density at radius 1 is 1.16 bits per heavy atom. The molecule has 1 rings (SSSR count). The Hall–Kier alpha value is -2.32. The van der Waals surface area contributed by atoms with Crippen molar-refractivity contribution in [3.63, 3.8) is 0 Å². The highest BCUT2D eigenvalue weighted by Gasteiger charge is 2.32. The van der Waals surface area contributed by atoms with Gasteiger partial charge in [-0.15, -0.1) is 0 Å². The minimum Gasteiger partial charge on any atom is -0.465 e. The van der Waals surface area contributed by atoms with Crippen LogP contribution >= 0.6 is 0 Å². The van der Waals surface area contributed by atoms with Crippen LogP contribution in [-0.2, 0) is 14.4 Å². The van der Waals surface area contributed by atoms with Gasteiger partial charge >= 0.3 is 6.09 Å². The lowest BCUT2D eigenvalue weighted by atomic mass is 10.0. The fourth-order valence-electron chi connectivity index (χ4n) is 2.45. The molecule has 25 heavy (non-hydrogen) atoms. The Balaban J connectivity index is 2.52. The lowest BCUT2D eigenvalue weighted by Crippen LogP contribution is -2.50. The number of carboxylic acid groups (broad SMARTS) is 1. The van der Waals surface area contributed by atoms with E-state index in [1.54, 1.807) is 13.8 Å². The second kappa shape index (κ2) is 9.85. The molecule has 0 unspecified atom stereocenters. The monoisotopic (exact) mass is 356 g/mol. The molecule has 1 aliphatic carbocycles. The molecule has 0 saturated heterocycles. The number of hydrogen-bond acceptors (Lipinski definition) is 4. The molecule has 0 aromatic carbocycles. The summed E-state index contributed by atoms with van der Waals surface area (Å²) < 4.78 is 0. The second-order valence-corrected chi connectivity index (χ2v) is 6.66. The minimum absolute atomic E-state index is 0.0280. The van der Waals surface area contributed by atoms with E-state index in [9.17, 15) is 19.2 Å². The highest BCUT2D eigenvalue weighted by atomic mass is 16.4. The highest BCUT2D eigenvalue weighted by Crippen LogP contribution is 2.29. The van der Waals surface area contributed by atoms with Crippen LogP contribution in [0.3, 0.4) is 0 Å². The number of amides is 4. The Morgan fingerprint density at radius 2 is 1.80 bits per heavy atom. The number of carbonyl (C=O) groups excluding carboxylic acids is 3. The summed E-state index contributed by atoms with van der Waals surface area (Å²) in [4.78, 5) is 46.0. The Kier molecular flexibility index (Phi) is 8.17. The zero-order valence-corrected chi connectivity index (χ0v) is 14.7. The molecule has 4 amide bonds. The number of primary amides is 1. The SMILES string of the molecule is C[C@@H](C[C@H](C)C(N)=O)NC(=O)[C@H](CCCNC(=O)O)NC(=O)C1CC1. The largest absolute Gasteiger partial charge is 0.465 e. The maximum atomic E-state index is 12.4. The minimum atomic E-state index is -1.13. The summed E-state index contributed by atoms with van der Waals surface area (Å²) in [7, 11) is 0. The first-order valence-corrected chi connectivity index (χ1v) is 8.57. The van der Waals surface area contributed by atoms with Crippen molar-refractivity contribution in [3.05, 3.63) is 0 Å². The molecule has 0 aromatic rings. The predicted molar refractivity (Wildman–Crippen MR) is 90.5 cm³/mol. The molecule has 6 N–H and O–H groups in total. The number of nitrogens with one attached hydrogen (secondary N) is 3. The summed E-state index contributed by atoms with van der Waals surface area (Å²) in [6.07, 6.45) is 1.67. The van der Waals surface area contributed by atoms with E-state index in [1.807, 2.05) is 0 Å². The van der Waals surface area contributed by atoms with Crippen molar-refractivity contribution in [3.8, 4) is 0 Å². The van der Waals surface area contributed by atoms with Gasteiger partial charge in [-0.3, -0.25) is 14.4 Å². The van der Waals surface area contributed by atoms with E-state index in [1.165, 1.54) is 0 Å². The van der Waals surface area contributed by atoms with E-state index < -0.39 is 18.0 Å². The van der Waals surface area contributed by atoms with Crippen LogP contribution in [0.2, 0.25) is 0 Å². The number of nitrogens with two attached hydrogens (primary N) is 1. The van der Waals surface area contributed by atoms with E-state index in [-0.39, 0.29) is 36.2 Å². The number of carbonyl (C=O) groups is 4. The molecule has 0 aromatic heterocycles. The summed E-state index contributed by atoms with van der Waals surface area (Å²) in [5.41, 5.74) is 5.22. The summed E-state index contributed by atoms with van der Waals surface area (Å²) >= 11 is 0. The Morgan fingerprint density at radius 3 is 2.32 bits per heavy atom. The van der Waals surface area contributed by atoms with Crippen LogP contribution in [-0.4, -0.2) is 47.5 Å². The number of rotatable bonds is 11. The lowest BCUT2D eigenvalue weighted by Gasteiger charge is -2.22. The summed E-state index contributed by atoms with van der Waals surface area (Å²) in [6.45, 7) is 3.66. The molecule has 1 saturated carbocycles. The molecule has 1 fully saturated rings. The number of hydrogen-bond donors (Lipinski definition) is 5. The maximum Gasteiger partial charge on any atom is 0.404 e. The van der Waals surface area contributed by atoms with Gasteiger partial charge in [-0.25, -0.2) is 4.79 Å². The molecule has 3 atom stereocenters. The van der Waals surface area contributed by atoms with Crippen molar-refractivity contribution >= 4 is 23.8 Å². The summed E-state index contributed by atoms with van der Waals surface area (Å²) in [6, 6.07) is -0.998. The van der Waals surface area contributed by atoms with Crippen LogP contribution in [0.5, 0.6) is 0 Å². The van der Waals surface area contributed by atoms with Crippen LogP contribution in [0.25, 0.3) is 0 Å². The van der Waals surface area contributed by atoms with Gasteiger partial charge in [-0.2, -0.15) is 0 Å². The van der Waals surface area contributed by atoms with E-state index in [2.05, 4.69) is 16.0 Å². The van der Waals surface area contributed by atoms with Crippen LogP contribution in [0.1, 0.15) is 46.0 Å². The van der Waals surface area contributed by atoms with Gasteiger partial charge in [0.15, 0.2) is 0 Å². The topological polar surface area (TPSA) is 151 Å². The first-order chi connectivity index (χ1) is 11.7. The average Bonchev–Trinajstić information content (AvgIpc) is 3.34. The van der Waals surface area contributed by atoms with Gasteiger partial charge in [0.25, 0.3) is 0 Å². The molecule has 1 aliphatic rings. The quantitative estimate of drug-likeness (QED) is 0.329. The Labute approximate surface area is 147 Å². The van der Waals surface area contributed by atoms with Crippen molar-refractivity contribution < 1.29 is 24.3 Å². The van der Waals surface area contributed by atoms with Crippen LogP contribution < -0.4 is 21.7 Å². The van der Waals surface area contributed by atoms with Gasteiger partial charge in [0.1, 0.15) is 6.04 Å². The maximum absolute atomic E-state index is 12.4. The molecular weight excluding hydrogens is 328 g/mol. The molecule has 0 heterocycles. The lowest BCUT2D eigenvalue weighted by molar-refractivity contribution is -0.130. The molecule has 0 aliphatic heterocycles. The summed E-state index contributed by atoms with van der Waals surface area (Å²) in [5.74, 6) is -1.31. The molecule has 0 radical (unpaired) electrons. The van der Waals surface area contributed by atoms with Crippen LogP contribution in [0.15, 0.2) is 0 Å². The fourth-order valence-corrected chi connectivity index (χ4v) is 2.45. The van der Waals surface area contributed by atoms with Gasteiger partial charge < -0.3 is 26.8 Å². The highest BCUT2D eigenvalue weighted by molar-refractivity contribution is 5.89. The van der Waals surface area contributed by atoms with Crippen molar-refractivity contribution in [2.45, 2.75) is 58.0 Å². The molecular formula is C16H28N4O5. The first-order valence-electron chi connectivity index (χ1n) is 8.57. The fraction of sp³-hybridized carbons (Fsp3) is 0.750. The van der Waals surface area contributed by atoms with Crippen LogP contribution in [0, 0.1) is 11.8 Å². The van der Waals surface area contributed by atoms with Gasteiger partial charge in [0, 0.05) is 24.4 Å². The van der Waals surface area contributed by atoms with E-state index >= 15 is 0 Å². The molecule has 0 spiro atoms. The standard InChI is InChI=1S/C16H28N4O5/c1-9(13(17)21)8-10(2)19-15(23)12(4-3-7-18-16(24)25)20-14(22)11-5-6-11/h9-12,18H,3-8H2,1-2H3,(H2,17,21)(H,19,23)(H,20,22)(H,24,25)/t9-,10-,12-/m0/s1. The van der Waals surface area contributed by atoms with Crippen molar-refractivity contribution in [1.82, 2.24) is 16.0 Å². The Bertz CT molecular complexity index is 507. The van der Waals surface area contributed by atoms with E-state index in [0.717, 1.165) is 12.8 Å². The zero-order chi connectivity index (χ0) is 19.0. The predicted octanol–water partition coefficient (Wildman–Crippen LogP) is -0.0548. The van der Waals surface area contributed by atoms with Gasteiger partial charge in [-0.05, 0) is 39.0 Å². The zero-order valence-electron chi connectivity index (χ0n) is 14.7. The third-order valence-corrected chi connectivity index (χ3v) is 4.11. The molecule has 142 valence electrons. The average molecular weight is 356 g/mol. The van der Waals surface area contributed by atoms with Crippen molar-refractivity contribution in [2.75, 3.05) is 6.54 Å². The summed E-state index contributed by atoms with van der Waals surface area (Å²) in [5, 5.41) is 16.3. The van der Waals surface area contributed by atoms with E-state index in [0.29, 0.717) is 19.3 Å². The van der Waals surface area contributed by atoms with Gasteiger partial charge in [0.05, 0.1) is 0 Å². The molecule has 9 nitrogen and oxygen atoms in total. The molecule has 9 heteroatoms. The normalized spacial score (nSPS) is 17.0.